The maximum absolute atomic E-state index is 13.5. The number of nitrogens with zero attached hydrogens (tertiary/aromatic N) is 3. The predicted molar refractivity (Wildman–Crippen MR) is 112 cm³/mol. The number of alkyl halides is 3. The zero-order valence-electron chi connectivity index (χ0n) is 16.8. The molecule has 2 heterocycles. The van der Waals surface area contributed by atoms with Crippen LogP contribution < -0.4 is 4.90 Å². The second kappa shape index (κ2) is 8.42. The van der Waals surface area contributed by atoms with E-state index in [2.05, 4.69) is 9.88 Å². The van der Waals surface area contributed by atoms with Crippen LogP contribution in [-0.4, -0.2) is 35.7 Å². The molecule has 0 radical (unpaired) electrons. The first-order valence-corrected chi connectivity index (χ1v) is 10.3. The van der Waals surface area contributed by atoms with Gasteiger partial charge < -0.3 is 14.2 Å². The molecule has 9 heteroatoms. The molecule has 1 aliphatic rings. The van der Waals surface area contributed by atoms with E-state index in [0.29, 0.717) is 34.7 Å². The number of esters is 1. The van der Waals surface area contributed by atoms with Crippen molar-refractivity contribution in [3.63, 3.8) is 0 Å². The fraction of sp³-hybridized carbons (Fsp3) is 0.364. The molecular formula is C22H21ClF3N3O2. The molecular weight excluding hydrogens is 431 g/mol. The zero-order chi connectivity index (χ0) is 22.2. The van der Waals surface area contributed by atoms with Crippen molar-refractivity contribution in [3.8, 4) is 0 Å². The third-order valence-corrected chi connectivity index (χ3v) is 6.00. The SMILES string of the molecule is COC(=O)c1ccc(N2CCC(Cn3c(C(F)(F)F)nc4ccccc43)CC2)cc1Cl. The average Bonchev–Trinajstić information content (AvgIpc) is 3.13. The molecule has 5 nitrogen and oxygen atoms in total. The molecule has 0 atom stereocenters. The molecule has 0 bridgehead atoms. The Morgan fingerprint density at radius 3 is 2.55 bits per heavy atom. The standard InChI is InChI=1S/C22H21ClF3N3O2/c1-31-20(30)16-7-6-15(12-17(16)23)28-10-8-14(9-11-28)13-29-19-5-3-2-4-18(19)27-21(29)22(24,25)26/h2-7,12,14H,8-11,13H2,1H3. The number of carbonyl (C=O) groups is 1. The lowest BCUT2D eigenvalue weighted by Crippen LogP contribution is -2.35. The molecule has 1 saturated heterocycles. The summed E-state index contributed by atoms with van der Waals surface area (Å²) in [6, 6.07) is 11.9. The number of piperidine rings is 1. The largest absolute Gasteiger partial charge is 0.465 e. The van der Waals surface area contributed by atoms with Crippen LogP contribution in [0.15, 0.2) is 42.5 Å². The van der Waals surface area contributed by atoms with Crippen molar-refractivity contribution in [2.24, 2.45) is 5.92 Å². The van der Waals surface area contributed by atoms with Crippen LogP contribution >= 0.6 is 11.6 Å². The van der Waals surface area contributed by atoms with Crippen molar-refractivity contribution in [2.75, 3.05) is 25.1 Å². The van der Waals surface area contributed by atoms with E-state index in [1.165, 1.54) is 11.7 Å². The molecule has 0 unspecified atom stereocenters. The number of hydrogen-bond donors (Lipinski definition) is 0. The summed E-state index contributed by atoms with van der Waals surface area (Å²) < 4.78 is 46.6. The van der Waals surface area contributed by atoms with Gasteiger partial charge in [0.2, 0.25) is 5.82 Å². The van der Waals surface area contributed by atoms with Gasteiger partial charge in [-0.15, -0.1) is 0 Å². The van der Waals surface area contributed by atoms with Crippen molar-refractivity contribution in [2.45, 2.75) is 25.6 Å². The number of imidazole rings is 1. The normalized spacial score (nSPS) is 15.5. The second-order valence-electron chi connectivity index (χ2n) is 7.62. The molecule has 1 aromatic heterocycles. The predicted octanol–water partition coefficient (Wildman–Crippen LogP) is 5.41. The Morgan fingerprint density at radius 1 is 1.19 bits per heavy atom. The summed E-state index contributed by atoms with van der Waals surface area (Å²) in [5, 5.41) is 0.311. The minimum absolute atomic E-state index is 0.0970. The van der Waals surface area contributed by atoms with Crippen LogP contribution in [0, 0.1) is 5.92 Å². The maximum Gasteiger partial charge on any atom is 0.449 e. The topological polar surface area (TPSA) is 47.4 Å². The number of rotatable bonds is 4. The molecule has 4 rings (SSSR count). The van der Waals surface area contributed by atoms with E-state index in [4.69, 9.17) is 16.3 Å². The molecule has 1 fully saturated rings. The van der Waals surface area contributed by atoms with Gasteiger partial charge in [-0.25, -0.2) is 9.78 Å². The first kappa shape index (κ1) is 21.5. The van der Waals surface area contributed by atoms with Gasteiger partial charge in [-0.1, -0.05) is 23.7 Å². The average molecular weight is 452 g/mol. The fourth-order valence-electron chi connectivity index (χ4n) is 4.08. The van der Waals surface area contributed by atoms with Crippen molar-refractivity contribution >= 4 is 34.3 Å². The van der Waals surface area contributed by atoms with E-state index in [9.17, 15) is 18.0 Å². The number of aromatic nitrogens is 2. The number of anilines is 1. The number of ether oxygens (including phenoxy) is 1. The lowest BCUT2D eigenvalue weighted by atomic mass is 9.96. The van der Waals surface area contributed by atoms with Gasteiger partial charge in [0.25, 0.3) is 0 Å². The Morgan fingerprint density at radius 2 is 1.90 bits per heavy atom. The molecule has 31 heavy (non-hydrogen) atoms. The van der Waals surface area contributed by atoms with Crippen LogP contribution in [0.3, 0.4) is 0 Å². The number of para-hydroxylation sites is 2. The summed E-state index contributed by atoms with van der Waals surface area (Å²) in [5.74, 6) is -1.25. The molecule has 0 saturated carbocycles. The van der Waals surface area contributed by atoms with Crippen molar-refractivity contribution in [3.05, 3.63) is 58.9 Å². The summed E-state index contributed by atoms with van der Waals surface area (Å²) >= 11 is 6.22. The van der Waals surface area contributed by atoms with E-state index in [0.717, 1.165) is 18.5 Å². The minimum Gasteiger partial charge on any atom is -0.465 e. The van der Waals surface area contributed by atoms with Gasteiger partial charge in [-0.05, 0) is 49.1 Å². The Bertz CT molecular complexity index is 1110. The van der Waals surface area contributed by atoms with E-state index in [-0.39, 0.29) is 12.5 Å². The highest BCUT2D eigenvalue weighted by Crippen LogP contribution is 2.34. The third kappa shape index (κ3) is 4.35. The van der Waals surface area contributed by atoms with E-state index in [1.54, 1.807) is 36.4 Å². The second-order valence-corrected chi connectivity index (χ2v) is 8.03. The lowest BCUT2D eigenvalue weighted by molar-refractivity contribution is -0.147. The van der Waals surface area contributed by atoms with Crippen molar-refractivity contribution < 1.29 is 22.7 Å². The van der Waals surface area contributed by atoms with Crippen LogP contribution in [0.2, 0.25) is 5.02 Å². The number of fused-ring (bicyclic) bond motifs is 1. The number of hydrogen-bond acceptors (Lipinski definition) is 4. The monoisotopic (exact) mass is 451 g/mol. The molecule has 0 aliphatic carbocycles. The van der Waals surface area contributed by atoms with Crippen LogP contribution in [0.1, 0.15) is 29.0 Å². The Labute approximate surface area is 182 Å². The Balaban J connectivity index is 1.48. The van der Waals surface area contributed by atoms with Gasteiger partial charge in [0.15, 0.2) is 0 Å². The fourth-order valence-corrected chi connectivity index (χ4v) is 4.34. The van der Waals surface area contributed by atoms with Crippen molar-refractivity contribution in [1.29, 1.82) is 0 Å². The van der Waals surface area contributed by atoms with Gasteiger partial charge in [0.05, 0.1) is 28.7 Å². The molecule has 164 valence electrons. The zero-order valence-corrected chi connectivity index (χ0v) is 17.6. The van der Waals surface area contributed by atoms with E-state index < -0.39 is 18.0 Å². The lowest BCUT2D eigenvalue weighted by Gasteiger charge is -2.34. The molecule has 0 spiro atoms. The number of methoxy groups -OCH3 is 1. The van der Waals surface area contributed by atoms with Crippen molar-refractivity contribution in [1.82, 2.24) is 9.55 Å². The van der Waals surface area contributed by atoms with Crippen LogP contribution in [-0.2, 0) is 17.5 Å². The Kier molecular flexibility index (Phi) is 5.83. The number of carbonyl (C=O) groups excluding carboxylic acids is 1. The smallest absolute Gasteiger partial charge is 0.449 e. The summed E-state index contributed by atoms with van der Waals surface area (Å²) in [4.78, 5) is 17.7. The highest BCUT2D eigenvalue weighted by atomic mass is 35.5. The van der Waals surface area contributed by atoms with Gasteiger partial charge in [0, 0.05) is 25.3 Å². The first-order valence-electron chi connectivity index (χ1n) is 9.93. The van der Waals surface area contributed by atoms with Gasteiger partial charge in [0.1, 0.15) is 0 Å². The quantitative estimate of drug-likeness (QED) is 0.497. The molecule has 0 amide bonds. The molecule has 2 aromatic carbocycles. The van der Waals surface area contributed by atoms with Crippen LogP contribution in [0.4, 0.5) is 18.9 Å². The highest BCUT2D eigenvalue weighted by molar-refractivity contribution is 6.33. The van der Waals surface area contributed by atoms with Gasteiger partial charge in [-0.2, -0.15) is 13.2 Å². The summed E-state index contributed by atoms with van der Waals surface area (Å²) in [6.45, 7) is 1.64. The first-order chi connectivity index (χ1) is 14.8. The summed E-state index contributed by atoms with van der Waals surface area (Å²) in [6.07, 6.45) is -3.03. The van der Waals surface area contributed by atoms with Gasteiger partial charge >= 0.3 is 12.1 Å². The van der Waals surface area contributed by atoms with Crippen LogP contribution in [0.5, 0.6) is 0 Å². The maximum atomic E-state index is 13.5. The minimum atomic E-state index is -4.50. The van der Waals surface area contributed by atoms with E-state index >= 15 is 0 Å². The molecule has 0 N–H and O–H groups in total. The Hall–Kier alpha value is -2.74. The number of benzene rings is 2. The number of halogens is 4. The summed E-state index contributed by atoms with van der Waals surface area (Å²) in [7, 11) is 1.30. The van der Waals surface area contributed by atoms with Gasteiger partial charge in [-0.3, -0.25) is 0 Å². The summed E-state index contributed by atoms with van der Waals surface area (Å²) in [5.41, 5.74) is 2.03. The molecule has 1 aliphatic heterocycles. The van der Waals surface area contributed by atoms with Crippen LogP contribution in [0.25, 0.3) is 11.0 Å². The van der Waals surface area contributed by atoms with E-state index in [1.807, 2.05) is 6.07 Å². The highest BCUT2D eigenvalue weighted by Gasteiger charge is 2.38. The third-order valence-electron chi connectivity index (χ3n) is 5.69. The molecule has 3 aromatic rings.